The van der Waals surface area contributed by atoms with Gasteiger partial charge in [0, 0.05) is 12.1 Å². The van der Waals surface area contributed by atoms with E-state index >= 15 is 0 Å². The lowest BCUT2D eigenvalue weighted by atomic mass is 9.90. The monoisotopic (exact) mass is 299 g/mol. The second-order valence-corrected chi connectivity index (χ2v) is 6.25. The lowest BCUT2D eigenvalue weighted by Gasteiger charge is -2.25. The Morgan fingerprint density at radius 2 is 1.95 bits per heavy atom. The van der Waals surface area contributed by atoms with Gasteiger partial charge in [-0.15, -0.1) is 0 Å². The SMILES string of the molecule is COc1cc2c(cc1CN(C)C(C)c1ccco1)CCCC2. The zero-order valence-corrected chi connectivity index (χ0v) is 13.8. The van der Waals surface area contributed by atoms with Gasteiger partial charge in [0.1, 0.15) is 11.5 Å². The first-order valence-electron chi connectivity index (χ1n) is 8.11. The molecule has 118 valence electrons. The highest BCUT2D eigenvalue weighted by atomic mass is 16.5. The molecule has 0 N–H and O–H groups in total. The van der Waals surface area contributed by atoms with Crippen molar-refractivity contribution in [3.05, 3.63) is 53.0 Å². The van der Waals surface area contributed by atoms with Gasteiger partial charge >= 0.3 is 0 Å². The van der Waals surface area contributed by atoms with Gasteiger partial charge in [-0.3, -0.25) is 4.90 Å². The summed E-state index contributed by atoms with van der Waals surface area (Å²) in [5, 5.41) is 0. The fourth-order valence-electron chi connectivity index (χ4n) is 3.28. The Morgan fingerprint density at radius 3 is 2.59 bits per heavy atom. The zero-order chi connectivity index (χ0) is 15.5. The molecule has 1 atom stereocenters. The number of aryl methyl sites for hydroxylation is 2. The number of benzene rings is 1. The van der Waals surface area contributed by atoms with E-state index in [0.717, 1.165) is 18.1 Å². The number of methoxy groups -OCH3 is 1. The van der Waals surface area contributed by atoms with Crippen LogP contribution in [0.5, 0.6) is 5.75 Å². The van der Waals surface area contributed by atoms with Crippen molar-refractivity contribution in [3.8, 4) is 5.75 Å². The van der Waals surface area contributed by atoms with Crippen molar-refractivity contribution in [2.24, 2.45) is 0 Å². The third-order valence-electron chi connectivity index (χ3n) is 4.78. The van der Waals surface area contributed by atoms with Gasteiger partial charge in [-0.2, -0.15) is 0 Å². The molecule has 3 nitrogen and oxygen atoms in total. The summed E-state index contributed by atoms with van der Waals surface area (Å²) in [6.45, 7) is 3.03. The summed E-state index contributed by atoms with van der Waals surface area (Å²) in [5.74, 6) is 2.01. The van der Waals surface area contributed by atoms with Crippen molar-refractivity contribution in [2.75, 3.05) is 14.2 Å². The Labute approximate surface area is 132 Å². The van der Waals surface area contributed by atoms with E-state index in [0.29, 0.717) is 0 Å². The summed E-state index contributed by atoms with van der Waals surface area (Å²) in [6, 6.07) is 8.81. The van der Waals surface area contributed by atoms with Crippen LogP contribution in [0.3, 0.4) is 0 Å². The number of hydrogen-bond donors (Lipinski definition) is 0. The van der Waals surface area contributed by atoms with E-state index in [2.05, 4.69) is 31.0 Å². The van der Waals surface area contributed by atoms with Crippen LogP contribution in [-0.2, 0) is 19.4 Å². The van der Waals surface area contributed by atoms with Crippen LogP contribution in [0.15, 0.2) is 34.9 Å². The van der Waals surface area contributed by atoms with E-state index in [9.17, 15) is 0 Å². The van der Waals surface area contributed by atoms with Gasteiger partial charge < -0.3 is 9.15 Å². The van der Waals surface area contributed by atoms with Crippen molar-refractivity contribution in [3.63, 3.8) is 0 Å². The maximum Gasteiger partial charge on any atom is 0.123 e. The van der Waals surface area contributed by atoms with Crippen molar-refractivity contribution >= 4 is 0 Å². The van der Waals surface area contributed by atoms with Crippen molar-refractivity contribution in [2.45, 2.75) is 45.2 Å². The molecule has 3 heteroatoms. The fraction of sp³-hybridized carbons (Fsp3) is 0.474. The van der Waals surface area contributed by atoms with Crippen LogP contribution in [-0.4, -0.2) is 19.1 Å². The van der Waals surface area contributed by atoms with Crippen LogP contribution in [0.4, 0.5) is 0 Å². The van der Waals surface area contributed by atoms with Crippen molar-refractivity contribution < 1.29 is 9.15 Å². The van der Waals surface area contributed by atoms with E-state index < -0.39 is 0 Å². The van der Waals surface area contributed by atoms with Gasteiger partial charge in [0.2, 0.25) is 0 Å². The van der Waals surface area contributed by atoms with Gasteiger partial charge in [-0.25, -0.2) is 0 Å². The van der Waals surface area contributed by atoms with E-state index in [1.165, 1.54) is 42.4 Å². The Hall–Kier alpha value is -1.74. The second kappa shape index (κ2) is 6.57. The highest BCUT2D eigenvalue weighted by Crippen LogP contribution is 2.31. The van der Waals surface area contributed by atoms with Crippen LogP contribution >= 0.6 is 0 Å². The van der Waals surface area contributed by atoms with Crippen LogP contribution in [0, 0.1) is 0 Å². The molecule has 0 aliphatic heterocycles. The standard InChI is InChI=1S/C19H25NO2/c1-14(18-9-6-10-22-18)20(2)13-17-11-15-7-4-5-8-16(15)12-19(17)21-3/h6,9-12,14H,4-5,7-8,13H2,1-3H3. The lowest BCUT2D eigenvalue weighted by molar-refractivity contribution is 0.220. The predicted octanol–water partition coefficient (Wildman–Crippen LogP) is 4.36. The Bertz CT molecular complexity index is 619. The molecule has 0 saturated heterocycles. The molecule has 0 amide bonds. The molecular weight excluding hydrogens is 274 g/mol. The summed E-state index contributed by atoms with van der Waals surface area (Å²) in [5.41, 5.74) is 4.23. The topological polar surface area (TPSA) is 25.6 Å². The maximum absolute atomic E-state index is 5.63. The molecule has 1 unspecified atom stereocenters. The second-order valence-electron chi connectivity index (χ2n) is 6.25. The van der Waals surface area contributed by atoms with Crippen molar-refractivity contribution in [1.82, 2.24) is 4.90 Å². The van der Waals surface area contributed by atoms with E-state index in [-0.39, 0.29) is 6.04 Å². The molecular formula is C19H25NO2. The van der Waals surface area contributed by atoms with Gasteiger partial charge in [0.25, 0.3) is 0 Å². The normalized spacial score (nSPS) is 15.6. The molecule has 0 saturated carbocycles. The van der Waals surface area contributed by atoms with E-state index in [1.54, 1.807) is 13.4 Å². The summed E-state index contributed by atoms with van der Waals surface area (Å²) in [6.07, 6.45) is 6.72. The molecule has 0 spiro atoms. The minimum Gasteiger partial charge on any atom is -0.496 e. The van der Waals surface area contributed by atoms with Crippen LogP contribution in [0.1, 0.15) is 48.3 Å². The number of ether oxygens (including phenoxy) is 1. The first-order valence-corrected chi connectivity index (χ1v) is 8.11. The molecule has 1 aromatic heterocycles. The highest BCUT2D eigenvalue weighted by molar-refractivity contribution is 5.44. The average Bonchev–Trinajstić information content (AvgIpc) is 3.07. The number of fused-ring (bicyclic) bond motifs is 1. The largest absolute Gasteiger partial charge is 0.496 e. The van der Waals surface area contributed by atoms with Gasteiger partial charge in [0.15, 0.2) is 0 Å². The third-order valence-corrected chi connectivity index (χ3v) is 4.78. The van der Waals surface area contributed by atoms with Gasteiger partial charge in [-0.1, -0.05) is 6.07 Å². The molecule has 0 bridgehead atoms. The Kier molecular flexibility index (Phi) is 4.53. The number of rotatable bonds is 5. The Morgan fingerprint density at radius 1 is 1.23 bits per heavy atom. The summed E-state index contributed by atoms with van der Waals surface area (Å²) in [7, 11) is 3.90. The summed E-state index contributed by atoms with van der Waals surface area (Å²) >= 11 is 0. The molecule has 0 fully saturated rings. The van der Waals surface area contributed by atoms with Crippen LogP contribution < -0.4 is 4.74 Å². The quantitative estimate of drug-likeness (QED) is 0.820. The molecule has 1 heterocycles. The molecule has 1 aliphatic rings. The van der Waals surface area contributed by atoms with E-state index in [1.807, 2.05) is 12.1 Å². The predicted molar refractivity (Wildman–Crippen MR) is 88.2 cm³/mol. The Balaban J connectivity index is 1.81. The first-order chi connectivity index (χ1) is 10.7. The van der Waals surface area contributed by atoms with Gasteiger partial charge in [-0.05, 0) is 69.0 Å². The van der Waals surface area contributed by atoms with Gasteiger partial charge in [0.05, 0.1) is 19.4 Å². The minimum absolute atomic E-state index is 0.246. The fourth-order valence-corrected chi connectivity index (χ4v) is 3.28. The smallest absolute Gasteiger partial charge is 0.123 e. The lowest BCUT2D eigenvalue weighted by Crippen LogP contribution is -2.22. The number of furan rings is 1. The minimum atomic E-state index is 0.246. The number of hydrogen-bond acceptors (Lipinski definition) is 3. The highest BCUT2D eigenvalue weighted by Gasteiger charge is 2.18. The van der Waals surface area contributed by atoms with Crippen LogP contribution in [0.25, 0.3) is 0 Å². The number of nitrogens with zero attached hydrogens (tertiary/aromatic N) is 1. The molecule has 22 heavy (non-hydrogen) atoms. The molecule has 1 aromatic carbocycles. The maximum atomic E-state index is 5.63. The first kappa shape index (κ1) is 15.2. The third kappa shape index (κ3) is 3.05. The van der Waals surface area contributed by atoms with Crippen molar-refractivity contribution in [1.29, 1.82) is 0 Å². The zero-order valence-electron chi connectivity index (χ0n) is 13.8. The average molecular weight is 299 g/mol. The molecule has 3 rings (SSSR count). The molecule has 1 aliphatic carbocycles. The molecule has 2 aromatic rings. The van der Waals surface area contributed by atoms with Crippen LogP contribution in [0.2, 0.25) is 0 Å². The summed E-state index contributed by atoms with van der Waals surface area (Å²) < 4.78 is 11.2. The van der Waals surface area contributed by atoms with E-state index in [4.69, 9.17) is 9.15 Å². The molecule has 0 radical (unpaired) electrons. The summed E-state index contributed by atoms with van der Waals surface area (Å²) in [4.78, 5) is 2.30.